The number of carbonyl (C=O) groups is 1. The highest BCUT2D eigenvalue weighted by molar-refractivity contribution is 5.87. The van der Waals surface area contributed by atoms with Gasteiger partial charge in [0, 0.05) is 10.8 Å². The monoisotopic (exact) mass is 592 g/mol. The number of aliphatic hydroxyl groups excluding tert-OH is 2. The van der Waals surface area contributed by atoms with Crippen LogP contribution >= 0.6 is 0 Å². The Bertz CT molecular complexity index is 1280. The first-order valence-corrected chi connectivity index (χ1v) is 17.0. The predicted molar refractivity (Wildman–Crippen MR) is 169 cm³/mol. The number of fused-ring (bicyclic) bond motifs is 7. The third-order valence-corrected chi connectivity index (χ3v) is 14.9. The van der Waals surface area contributed by atoms with Crippen molar-refractivity contribution in [3.8, 4) is 0 Å². The normalized spacial score (nSPS) is 46.9. The molecule has 0 bridgehead atoms. The molecule has 43 heavy (non-hydrogen) atoms. The Morgan fingerprint density at radius 3 is 2.23 bits per heavy atom. The standard InChI is InChI=1S/C38H56O5/c1-33(2)20-27-26-12-13-29-35(4)16-15-30(40)36(5,23-39)28(35)14-17-38(29,7)37(26,6)19-18-34(27,3)31(21-33)43-22-24-8-10-25(11-9-24)32(41)42/h8-12,27-31,39-40H,13-23H2,1-7H3,(H,41,42)/t27-,28+,29+,30-,31+,34+,35-,36+,37+,38+/m0/s1. The molecule has 0 amide bonds. The lowest BCUT2D eigenvalue weighted by atomic mass is 9.33. The van der Waals surface area contributed by atoms with Crippen molar-refractivity contribution in [2.24, 2.45) is 50.2 Å². The fourth-order valence-electron chi connectivity index (χ4n) is 11.9. The van der Waals surface area contributed by atoms with Crippen molar-refractivity contribution >= 4 is 5.97 Å². The quantitative estimate of drug-likeness (QED) is 0.301. The Morgan fingerprint density at radius 1 is 0.884 bits per heavy atom. The van der Waals surface area contributed by atoms with E-state index in [9.17, 15) is 20.1 Å². The summed E-state index contributed by atoms with van der Waals surface area (Å²) in [6.07, 6.45) is 12.1. The molecule has 0 radical (unpaired) electrons. The first-order chi connectivity index (χ1) is 20.0. The topological polar surface area (TPSA) is 87.0 Å². The number of allylic oxidation sites excluding steroid dienone is 2. The number of hydrogen-bond acceptors (Lipinski definition) is 4. The van der Waals surface area contributed by atoms with Crippen LogP contribution < -0.4 is 0 Å². The summed E-state index contributed by atoms with van der Waals surface area (Å²) in [7, 11) is 0. The van der Waals surface area contributed by atoms with Crippen molar-refractivity contribution < 1.29 is 24.9 Å². The number of benzene rings is 1. The number of aromatic carboxylic acids is 1. The van der Waals surface area contributed by atoms with Crippen molar-refractivity contribution in [2.45, 2.75) is 125 Å². The minimum Gasteiger partial charge on any atom is -0.478 e. The third kappa shape index (κ3) is 4.45. The molecule has 0 unspecified atom stereocenters. The molecule has 6 rings (SSSR count). The third-order valence-electron chi connectivity index (χ3n) is 14.9. The zero-order chi connectivity index (χ0) is 31.2. The van der Waals surface area contributed by atoms with Gasteiger partial charge in [-0.25, -0.2) is 4.79 Å². The smallest absolute Gasteiger partial charge is 0.335 e. The van der Waals surface area contributed by atoms with Gasteiger partial charge in [0.1, 0.15) is 0 Å². The van der Waals surface area contributed by atoms with Crippen LogP contribution in [0.15, 0.2) is 35.9 Å². The number of rotatable bonds is 5. The Morgan fingerprint density at radius 2 is 1.58 bits per heavy atom. The Balaban J connectivity index is 1.31. The second kappa shape index (κ2) is 10.2. The van der Waals surface area contributed by atoms with Gasteiger partial charge in [-0.3, -0.25) is 0 Å². The number of carboxylic acid groups (broad SMARTS) is 1. The van der Waals surface area contributed by atoms with Gasteiger partial charge >= 0.3 is 5.97 Å². The van der Waals surface area contributed by atoms with Crippen LogP contribution in [-0.4, -0.2) is 40.1 Å². The van der Waals surface area contributed by atoms with Gasteiger partial charge in [0.05, 0.1) is 31.0 Å². The summed E-state index contributed by atoms with van der Waals surface area (Å²) in [5.74, 6) is 0.473. The van der Waals surface area contributed by atoms with E-state index < -0.39 is 17.5 Å². The van der Waals surface area contributed by atoms with E-state index in [0.717, 1.165) is 50.5 Å². The molecular formula is C38H56O5. The van der Waals surface area contributed by atoms with Gasteiger partial charge in [-0.15, -0.1) is 0 Å². The minimum atomic E-state index is -0.898. The van der Waals surface area contributed by atoms with E-state index in [0.29, 0.717) is 29.9 Å². The van der Waals surface area contributed by atoms with Gasteiger partial charge in [-0.1, -0.05) is 72.2 Å². The van der Waals surface area contributed by atoms with E-state index in [1.807, 2.05) is 12.1 Å². The Hall–Kier alpha value is -1.69. The molecule has 10 atom stereocenters. The van der Waals surface area contributed by atoms with Crippen LogP contribution in [-0.2, 0) is 11.3 Å². The molecule has 0 spiro atoms. The van der Waals surface area contributed by atoms with E-state index in [1.54, 1.807) is 17.7 Å². The molecule has 0 aromatic heterocycles. The summed E-state index contributed by atoms with van der Waals surface area (Å²) >= 11 is 0. The molecule has 238 valence electrons. The van der Waals surface area contributed by atoms with Crippen molar-refractivity contribution in [1.82, 2.24) is 0 Å². The fraction of sp³-hybridized carbons (Fsp3) is 0.763. The molecule has 1 aromatic carbocycles. The van der Waals surface area contributed by atoms with Gasteiger partial charge < -0.3 is 20.1 Å². The van der Waals surface area contributed by atoms with E-state index in [2.05, 4.69) is 54.5 Å². The van der Waals surface area contributed by atoms with Crippen molar-refractivity contribution in [3.05, 3.63) is 47.0 Å². The van der Waals surface area contributed by atoms with Crippen LogP contribution in [0.25, 0.3) is 0 Å². The SMILES string of the molecule is CC1(C)C[C@@H](OCc2ccc(C(=O)O)cc2)[C@]2(C)CC[C@]3(C)C(=CC[C@@H]4[C@@]5(C)CC[C@H](O)[C@](C)(CO)[C@@H]5CC[C@]43C)[C@@H]2C1. The summed E-state index contributed by atoms with van der Waals surface area (Å²) in [6.45, 7) is 17.8. The van der Waals surface area contributed by atoms with Crippen LogP contribution in [0.3, 0.4) is 0 Å². The van der Waals surface area contributed by atoms with E-state index >= 15 is 0 Å². The van der Waals surface area contributed by atoms with Crippen LogP contribution in [0, 0.1) is 50.2 Å². The van der Waals surface area contributed by atoms with Crippen molar-refractivity contribution in [1.29, 1.82) is 0 Å². The molecule has 0 aliphatic heterocycles. The zero-order valence-corrected chi connectivity index (χ0v) is 27.7. The van der Waals surface area contributed by atoms with Gasteiger partial charge in [0.25, 0.3) is 0 Å². The number of aliphatic hydroxyl groups is 2. The summed E-state index contributed by atoms with van der Waals surface area (Å²) in [5, 5.41) is 30.9. The van der Waals surface area contributed by atoms with E-state index in [-0.39, 0.29) is 39.8 Å². The molecule has 5 aliphatic rings. The maximum absolute atomic E-state index is 11.3. The molecule has 5 nitrogen and oxygen atoms in total. The zero-order valence-electron chi connectivity index (χ0n) is 27.7. The summed E-state index contributed by atoms with van der Waals surface area (Å²) in [5.41, 5.74) is 3.27. The summed E-state index contributed by atoms with van der Waals surface area (Å²) in [4.78, 5) is 11.3. The van der Waals surface area contributed by atoms with Crippen LogP contribution in [0.2, 0.25) is 0 Å². The molecule has 4 saturated carbocycles. The predicted octanol–water partition coefficient (Wildman–Crippen LogP) is 8.03. The second-order valence-corrected chi connectivity index (χ2v) is 17.4. The van der Waals surface area contributed by atoms with Crippen molar-refractivity contribution in [3.63, 3.8) is 0 Å². The molecule has 5 heteroatoms. The van der Waals surface area contributed by atoms with E-state index in [4.69, 9.17) is 4.74 Å². The lowest BCUT2D eigenvalue weighted by molar-refractivity contribution is -0.220. The highest BCUT2D eigenvalue weighted by Gasteiger charge is 2.69. The van der Waals surface area contributed by atoms with Gasteiger partial charge in [0.15, 0.2) is 0 Å². The molecule has 1 aromatic rings. The first kappa shape index (κ1) is 31.3. The number of hydrogen-bond donors (Lipinski definition) is 3. The van der Waals surface area contributed by atoms with Crippen LogP contribution in [0.4, 0.5) is 0 Å². The average Bonchev–Trinajstić information content (AvgIpc) is 2.95. The van der Waals surface area contributed by atoms with E-state index in [1.165, 1.54) is 12.8 Å². The molecular weight excluding hydrogens is 536 g/mol. The van der Waals surface area contributed by atoms with Crippen LogP contribution in [0.1, 0.15) is 122 Å². The fourth-order valence-corrected chi connectivity index (χ4v) is 11.9. The largest absolute Gasteiger partial charge is 0.478 e. The summed E-state index contributed by atoms with van der Waals surface area (Å²) in [6, 6.07) is 7.14. The maximum Gasteiger partial charge on any atom is 0.335 e. The van der Waals surface area contributed by atoms with Gasteiger partial charge in [-0.2, -0.15) is 0 Å². The van der Waals surface area contributed by atoms with Crippen LogP contribution in [0.5, 0.6) is 0 Å². The molecule has 0 heterocycles. The molecule has 4 fully saturated rings. The van der Waals surface area contributed by atoms with Gasteiger partial charge in [-0.05, 0) is 115 Å². The molecule has 0 saturated heterocycles. The summed E-state index contributed by atoms with van der Waals surface area (Å²) < 4.78 is 6.83. The molecule has 5 aliphatic carbocycles. The number of ether oxygens (including phenoxy) is 1. The average molecular weight is 593 g/mol. The molecule has 3 N–H and O–H groups in total. The highest BCUT2D eigenvalue weighted by Crippen LogP contribution is 2.75. The number of carboxylic acids is 1. The first-order valence-electron chi connectivity index (χ1n) is 17.0. The Labute approximate surface area is 259 Å². The van der Waals surface area contributed by atoms with Gasteiger partial charge in [0.2, 0.25) is 0 Å². The maximum atomic E-state index is 11.3. The lowest BCUT2D eigenvalue weighted by Gasteiger charge is -2.71. The lowest BCUT2D eigenvalue weighted by Crippen LogP contribution is -2.66. The highest BCUT2D eigenvalue weighted by atomic mass is 16.5. The second-order valence-electron chi connectivity index (χ2n) is 17.4. The minimum absolute atomic E-state index is 0.0660. The van der Waals surface area contributed by atoms with Crippen molar-refractivity contribution in [2.75, 3.05) is 6.61 Å². The Kier molecular flexibility index (Phi) is 7.39.